The molecular formula is C13H20N2O4. The Balaban J connectivity index is 3.07. The van der Waals surface area contributed by atoms with Crippen molar-refractivity contribution >= 4 is 5.69 Å². The van der Waals surface area contributed by atoms with Crippen molar-refractivity contribution in [1.29, 1.82) is 0 Å². The van der Waals surface area contributed by atoms with Gasteiger partial charge in [-0.05, 0) is 30.4 Å². The molecule has 1 aromatic carbocycles. The van der Waals surface area contributed by atoms with Gasteiger partial charge in [-0.3, -0.25) is 10.1 Å². The van der Waals surface area contributed by atoms with Crippen LogP contribution in [0.4, 0.5) is 5.69 Å². The largest absolute Gasteiger partial charge is 0.500 e. The molecule has 6 nitrogen and oxygen atoms in total. The number of benzene rings is 1. The fraction of sp³-hybridized carbons (Fsp3) is 0.538. The minimum Gasteiger partial charge on any atom is -0.500 e. The molecule has 1 atom stereocenters. The number of ether oxygens (including phenoxy) is 1. The average Bonchev–Trinajstić information content (AvgIpc) is 2.35. The zero-order valence-electron chi connectivity index (χ0n) is 11.4. The highest BCUT2D eigenvalue weighted by atomic mass is 16.6. The first-order chi connectivity index (χ1) is 8.86. The summed E-state index contributed by atoms with van der Waals surface area (Å²) in [4.78, 5) is 10.2. The number of phenolic OH excluding ortho intramolecular Hbond substituents is 1. The maximum absolute atomic E-state index is 10.9. The third-order valence-corrected chi connectivity index (χ3v) is 2.98. The van der Waals surface area contributed by atoms with E-state index in [4.69, 9.17) is 10.5 Å². The molecule has 6 heteroatoms. The third kappa shape index (κ3) is 3.82. The summed E-state index contributed by atoms with van der Waals surface area (Å²) in [5, 5.41) is 20.6. The number of nitrogens with two attached hydrogens (primary N) is 1. The average molecular weight is 268 g/mol. The Morgan fingerprint density at radius 1 is 1.42 bits per heavy atom. The first-order valence-corrected chi connectivity index (χ1v) is 6.17. The van der Waals surface area contributed by atoms with Crippen molar-refractivity contribution in [3.63, 3.8) is 0 Å². The smallest absolute Gasteiger partial charge is 0.314 e. The molecule has 1 rings (SSSR count). The van der Waals surface area contributed by atoms with Crippen LogP contribution in [0.15, 0.2) is 12.1 Å². The van der Waals surface area contributed by atoms with Gasteiger partial charge in [0.1, 0.15) is 0 Å². The second-order valence-electron chi connectivity index (χ2n) is 4.93. The topological polar surface area (TPSA) is 98.6 Å². The van der Waals surface area contributed by atoms with E-state index < -0.39 is 10.7 Å². The van der Waals surface area contributed by atoms with Gasteiger partial charge in [0, 0.05) is 12.1 Å². The maximum atomic E-state index is 10.9. The molecule has 0 heterocycles. The van der Waals surface area contributed by atoms with Crippen LogP contribution in [0.25, 0.3) is 0 Å². The highest BCUT2D eigenvalue weighted by Gasteiger charge is 2.22. The predicted octanol–water partition coefficient (Wildman–Crippen LogP) is 2.75. The van der Waals surface area contributed by atoms with Gasteiger partial charge in [-0.1, -0.05) is 13.8 Å². The van der Waals surface area contributed by atoms with Crippen molar-refractivity contribution in [1.82, 2.24) is 0 Å². The summed E-state index contributed by atoms with van der Waals surface area (Å²) in [5.74, 6) is 0.122. The highest BCUT2D eigenvalue weighted by molar-refractivity contribution is 5.57. The number of aromatic hydroxyl groups is 1. The number of nitrogens with zero attached hydrogens (tertiary/aromatic N) is 1. The van der Waals surface area contributed by atoms with E-state index in [2.05, 4.69) is 13.8 Å². The van der Waals surface area contributed by atoms with Crippen LogP contribution in [-0.2, 0) is 0 Å². The Morgan fingerprint density at radius 2 is 2.05 bits per heavy atom. The second-order valence-corrected chi connectivity index (χ2v) is 4.93. The molecule has 0 radical (unpaired) electrons. The van der Waals surface area contributed by atoms with Gasteiger partial charge in [-0.15, -0.1) is 0 Å². The summed E-state index contributed by atoms with van der Waals surface area (Å²) in [5.41, 5.74) is 6.25. The van der Waals surface area contributed by atoms with E-state index >= 15 is 0 Å². The molecule has 0 aliphatic heterocycles. The van der Waals surface area contributed by atoms with E-state index in [0.29, 0.717) is 11.5 Å². The molecule has 0 bridgehead atoms. The molecule has 0 saturated heterocycles. The Bertz CT molecular complexity index is 460. The molecule has 0 unspecified atom stereocenters. The second kappa shape index (κ2) is 6.38. The Labute approximate surface area is 112 Å². The van der Waals surface area contributed by atoms with Gasteiger partial charge < -0.3 is 15.6 Å². The van der Waals surface area contributed by atoms with Crippen LogP contribution < -0.4 is 10.5 Å². The molecule has 0 spiro atoms. The Kier molecular flexibility index (Phi) is 5.11. The molecule has 106 valence electrons. The van der Waals surface area contributed by atoms with Crippen molar-refractivity contribution in [3.05, 3.63) is 27.8 Å². The van der Waals surface area contributed by atoms with Gasteiger partial charge in [-0.2, -0.15) is 0 Å². The number of nitro benzene ring substituents is 1. The number of methoxy groups -OCH3 is 1. The molecule has 0 aliphatic rings. The van der Waals surface area contributed by atoms with Crippen molar-refractivity contribution in [2.75, 3.05) is 7.11 Å². The van der Waals surface area contributed by atoms with Gasteiger partial charge in [0.2, 0.25) is 5.75 Å². The van der Waals surface area contributed by atoms with Gasteiger partial charge in [0.25, 0.3) is 0 Å². The van der Waals surface area contributed by atoms with Crippen molar-refractivity contribution < 1.29 is 14.8 Å². The monoisotopic (exact) mass is 268 g/mol. The number of hydrogen-bond acceptors (Lipinski definition) is 5. The summed E-state index contributed by atoms with van der Waals surface area (Å²) in [6.07, 6.45) is 1.65. The van der Waals surface area contributed by atoms with E-state index in [-0.39, 0.29) is 17.5 Å². The van der Waals surface area contributed by atoms with E-state index in [1.165, 1.54) is 13.2 Å². The highest BCUT2D eigenvalue weighted by Crippen LogP contribution is 2.38. The van der Waals surface area contributed by atoms with Crippen molar-refractivity contribution in [2.24, 2.45) is 11.7 Å². The lowest BCUT2D eigenvalue weighted by atomic mass is 9.97. The first-order valence-electron chi connectivity index (χ1n) is 6.17. The number of phenols is 1. The molecule has 19 heavy (non-hydrogen) atoms. The summed E-state index contributed by atoms with van der Waals surface area (Å²) in [7, 11) is 1.35. The number of nitro groups is 1. The number of rotatable bonds is 6. The van der Waals surface area contributed by atoms with E-state index in [0.717, 1.165) is 12.8 Å². The van der Waals surface area contributed by atoms with Crippen LogP contribution >= 0.6 is 0 Å². The number of hydrogen-bond donors (Lipinski definition) is 2. The third-order valence-electron chi connectivity index (χ3n) is 2.98. The van der Waals surface area contributed by atoms with Crippen LogP contribution in [0.5, 0.6) is 11.5 Å². The van der Waals surface area contributed by atoms with Crippen LogP contribution in [0.3, 0.4) is 0 Å². The molecule has 0 fully saturated rings. The Morgan fingerprint density at radius 3 is 2.53 bits per heavy atom. The zero-order valence-corrected chi connectivity index (χ0v) is 11.4. The summed E-state index contributed by atoms with van der Waals surface area (Å²) < 4.78 is 4.94. The first kappa shape index (κ1) is 15.2. The minimum absolute atomic E-state index is 0.0733. The molecule has 3 N–H and O–H groups in total. The molecule has 0 amide bonds. The van der Waals surface area contributed by atoms with E-state index in [1.54, 1.807) is 6.07 Å². The molecular weight excluding hydrogens is 248 g/mol. The van der Waals surface area contributed by atoms with Crippen LogP contribution in [0.2, 0.25) is 0 Å². The lowest BCUT2D eigenvalue weighted by molar-refractivity contribution is -0.386. The van der Waals surface area contributed by atoms with Crippen LogP contribution in [-0.4, -0.2) is 17.1 Å². The fourth-order valence-corrected chi connectivity index (χ4v) is 1.80. The van der Waals surface area contributed by atoms with Gasteiger partial charge in [0.15, 0.2) is 5.75 Å². The normalized spacial score (nSPS) is 12.5. The molecule has 1 aromatic rings. The SMILES string of the molecule is COc1cc([C@H](N)CCC(C)C)cc([N+](=O)[O-])c1O. The minimum atomic E-state index is -0.642. The van der Waals surface area contributed by atoms with Crippen LogP contribution in [0.1, 0.15) is 38.3 Å². The fourth-order valence-electron chi connectivity index (χ4n) is 1.80. The quantitative estimate of drug-likeness (QED) is 0.610. The molecule has 0 aromatic heterocycles. The van der Waals surface area contributed by atoms with Crippen molar-refractivity contribution in [3.8, 4) is 11.5 Å². The van der Waals surface area contributed by atoms with E-state index in [1.807, 2.05) is 0 Å². The van der Waals surface area contributed by atoms with Crippen molar-refractivity contribution in [2.45, 2.75) is 32.7 Å². The molecule has 0 aliphatic carbocycles. The standard InChI is InChI=1S/C13H20N2O4/c1-8(2)4-5-10(14)9-6-11(15(17)18)13(16)12(7-9)19-3/h6-8,10,16H,4-5,14H2,1-3H3/t10-/m1/s1. The Hall–Kier alpha value is -1.82. The lowest BCUT2D eigenvalue weighted by Crippen LogP contribution is -2.12. The predicted molar refractivity (Wildman–Crippen MR) is 72.3 cm³/mol. The summed E-state index contributed by atoms with van der Waals surface area (Å²) in [6.45, 7) is 4.18. The van der Waals surface area contributed by atoms with Gasteiger partial charge in [-0.25, -0.2) is 0 Å². The zero-order chi connectivity index (χ0) is 14.6. The van der Waals surface area contributed by atoms with Gasteiger partial charge in [0.05, 0.1) is 12.0 Å². The lowest BCUT2D eigenvalue weighted by Gasteiger charge is -2.15. The summed E-state index contributed by atoms with van der Waals surface area (Å²) in [6, 6.07) is 2.55. The van der Waals surface area contributed by atoms with Crippen LogP contribution in [0, 0.1) is 16.0 Å². The summed E-state index contributed by atoms with van der Waals surface area (Å²) >= 11 is 0. The molecule has 0 saturated carbocycles. The maximum Gasteiger partial charge on any atom is 0.314 e. The van der Waals surface area contributed by atoms with Gasteiger partial charge >= 0.3 is 5.69 Å². The van der Waals surface area contributed by atoms with E-state index in [9.17, 15) is 15.2 Å².